The van der Waals surface area contributed by atoms with Crippen LogP contribution in [0.2, 0.25) is 0 Å². The highest BCUT2D eigenvalue weighted by atomic mass is 32.1. The normalized spacial score (nSPS) is 14.0. The van der Waals surface area contributed by atoms with Gasteiger partial charge in [0.1, 0.15) is 5.82 Å². The highest BCUT2D eigenvalue weighted by Gasteiger charge is 2.23. The number of amides is 1. The molecule has 0 aliphatic carbocycles. The molecule has 1 aliphatic rings. The van der Waals surface area contributed by atoms with Gasteiger partial charge in [0.25, 0.3) is 0 Å². The fourth-order valence-electron chi connectivity index (χ4n) is 4.43. The standard InChI is InChI=1S/C27H35N5OS/c1-21(2)20-32(27-28-25(29-34-27)19-23-10-5-4-6-11-23)14-13-26(33)31-17-15-30(16-18-31)24-12-8-7-9-22(24)3/h4-12,21H,13-20H2,1-3H3. The second kappa shape index (κ2) is 11.5. The van der Waals surface area contributed by atoms with Crippen LogP contribution in [0, 0.1) is 12.8 Å². The molecule has 1 saturated heterocycles. The van der Waals surface area contributed by atoms with E-state index < -0.39 is 0 Å². The third-order valence-corrected chi connectivity index (χ3v) is 7.02. The molecule has 0 atom stereocenters. The van der Waals surface area contributed by atoms with E-state index in [0.29, 0.717) is 18.9 Å². The van der Waals surface area contributed by atoms with Gasteiger partial charge in [-0.2, -0.15) is 4.37 Å². The molecule has 0 spiro atoms. The van der Waals surface area contributed by atoms with Gasteiger partial charge in [-0.05, 0) is 30.0 Å². The molecule has 3 aromatic rings. The van der Waals surface area contributed by atoms with Gasteiger partial charge < -0.3 is 14.7 Å². The molecule has 6 nitrogen and oxygen atoms in total. The summed E-state index contributed by atoms with van der Waals surface area (Å²) in [4.78, 5) is 24.5. The molecule has 7 heteroatoms. The van der Waals surface area contributed by atoms with Crippen LogP contribution in [0.3, 0.4) is 0 Å². The molecule has 1 fully saturated rings. The number of hydrogen-bond acceptors (Lipinski definition) is 6. The van der Waals surface area contributed by atoms with Crippen molar-refractivity contribution in [3.05, 3.63) is 71.5 Å². The molecule has 1 aliphatic heterocycles. The minimum atomic E-state index is 0.229. The Kier molecular flexibility index (Phi) is 8.16. The van der Waals surface area contributed by atoms with Gasteiger partial charge in [0.05, 0.1) is 0 Å². The lowest BCUT2D eigenvalue weighted by Gasteiger charge is -2.37. The average molecular weight is 478 g/mol. The van der Waals surface area contributed by atoms with Crippen molar-refractivity contribution in [2.75, 3.05) is 49.1 Å². The van der Waals surface area contributed by atoms with Crippen molar-refractivity contribution >= 4 is 28.3 Å². The van der Waals surface area contributed by atoms with Crippen molar-refractivity contribution in [2.24, 2.45) is 5.92 Å². The van der Waals surface area contributed by atoms with Gasteiger partial charge in [-0.25, -0.2) is 4.98 Å². The summed E-state index contributed by atoms with van der Waals surface area (Å²) in [7, 11) is 0. The fraction of sp³-hybridized carbons (Fsp3) is 0.444. The summed E-state index contributed by atoms with van der Waals surface area (Å²) in [6, 6.07) is 18.8. The Balaban J connectivity index is 1.32. The molecule has 2 aromatic carbocycles. The zero-order valence-electron chi connectivity index (χ0n) is 20.5. The topological polar surface area (TPSA) is 52.6 Å². The number of rotatable bonds is 9. The van der Waals surface area contributed by atoms with E-state index in [1.54, 1.807) is 0 Å². The second-order valence-electron chi connectivity index (χ2n) is 9.40. The third kappa shape index (κ3) is 6.35. The van der Waals surface area contributed by atoms with Crippen molar-refractivity contribution in [3.8, 4) is 0 Å². The first-order chi connectivity index (χ1) is 16.5. The Morgan fingerprint density at radius 3 is 2.44 bits per heavy atom. The lowest BCUT2D eigenvalue weighted by molar-refractivity contribution is -0.131. The van der Waals surface area contributed by atoms with Crippen molar-refractivity contribution in [3.63, 3.8) is 0 Å². The Hall–Kier alpha value is -2.93. The number of para-hydroxylation sites is 1. The fourth-order valence-corrected chi connectivity index (χ4v) is 5.15. The highest BCUT2D eigenvalue weighted by Crippen LogP contribution is 2.23. The molecule has 180 valence electrons. The van der Waals surface area contributed by atoms with Crippen LogP contribution in [0.25, 0.3) is 0 Å². The number of benzene rings is 2. The molecule has 1 aromatic heterocycles. The smallest absolute Gasteiger partial charge is 0.224 e. The lowest BCUT2D eigenvalue weighted by Crippen LogP contribution is -2.49. The van der Waals surface area contributed by atoms with E-state index in [0.717, 1.165) is 50.1 Å². The largest absolute Gasteiger partial charge is 0.368 e. The summed E-state index contributed by atoms with van der Waals surface area (Å²) in [6.07, 6.45) is 1.24. The second-order valence-corrected chi connectivity index (χ2v) is 10.1. The minimum absolute atomic E-state index is 0.229. The van der Waals surface area contributed by atoms with E-state index in [9.17, 15) is 4.79 Å². The quantitative estimate of drug-likeness (QED) is 0.449. The molecule has 0 unspecified atom stereocenters. The molecule has 0 saturated carbocycles. The van der Waals surface area contributed by atoms with Gasteiger partial charge in [-0.1, -0.05) is 62.4 Å². The molecule has 0 radical (unpaired) electrons. The van der Waals surface area contributed by atoms with Crippen molar-refractivity contribution in [1.29, 1.82) is 0 Å². The molecule has 34 heavy (non-hydrogen) atoms. The van der Waals surface area contributed by atoms with Gasteiger partial charge in [0, 0.05) is 69.3 Å². The predicted molar refractivity (Wildman–Crippen MR) is 141 cm³/mol. The maximum absolute atomic E-state index is 13.0. The maximum atomic E-state index is 13.0. The van der Waals surface area contributed by atoms with E-state index in [-0.39, 0.29) is 5.91 Å². The number of carbonyl (C=O) groups excluding carboxylic acids is 1. The Morgan fingerprint density at radius 2 is 1.74 bits per heavy atom. The first-order valence-electron chi connectivity index (χ1n) is 12.2. The summed E-state index contributed by atoms with van der Waals surface area (Å²) in [6.45, 7) is 11.4. The molecule has 1 amide bonds. The Labute approximate surface area is 207 Å². The summed E-state index contributed by atoms with van der Waals surface area (Å²) < 4.78 is 4.59. The lowest BCUT2D eigenvalue weighted by atomic mass is 10.1. The van der Waals surface area contributed by atoms with Crippen molar-refractivity contribution in [2.45, 2.75) is 33.6 Å². The zero-order chi connectivity index (χ0) is 23.9. The summed E-state index contributed by atoms with van der Waals surface area (Å²) in [5, 5.41) is 0.914. The Bertz CT molecular complexity index is 1060. The first kappa shape index (κ1) is 24.2. The number of nitrogens with zero attached hydrogens (tertiary/aromatic N) is 5. The van der Waals surface area contributed by atoms with Gasteiger partial charge >= 0.3 is 0 Å². The van der Waals surface area contributed by atoms with Crippen LogP contribution >= 0.6 is 11.5 Å². The van der Waals surface area contributed by atoms with E-state index in [2.05, 4.69) is 71.3 Å². The number of hydrogen-bond donors (Lipinski definition) is 0. The van der Waals surface area contributed by atoms with E-state index in [4.69, 9.17) is 4.98 Å². The van der Waals surface area contributed by atoms with Crippen LogP contribution in [0.15, 0.2) is 54.6 Å². The van der Waals surface area contributed by atoms with Crippen molar-refractivity contribution < 1.29 is 4.79 Å². The summed E-state index contributed by atoms with van der Waals surface area (Å²) >= 11 is 1.44. The maximum Gasteiger partial charge on any atom is 0.224 e. The predicted octanol–water partition coefficient (Wildman–Crippen LogP) is 4.64. The summed E-state index contributed by atoms with van der Waals surface area (Å²) in [5.41, 5.74) is 3.78. The van der Waals surface area contributed by atoms with Gasteiger partial charge in [0.15, 0.2) is 0 Å². The van der Waals surface area contributed by atoms with Crippen LogP contribution in [-0.2, 0) is 11.2 Å². The van der Waals surface area contributed by atoms with Crippen LogP contribution in [0.5, 0.6) is 0 Å². The SMILES string of the molecule is Cc1ccccc1N1CCN(C(=O)CCN(CC(C)C)c2nc(Cc3ccccc3)ns2)CC1. The highest BCUT2D eigenvalue weighted by molar-refractivity contribution is 7.09. The monoisotopic (exact) mass is 477 g/mol. The number of piperazine rings is 1. The van der Waals surface area contributed by atoms with E-state index in [1.807, 2.05) is 23.1 Å². The molecule has 2 heterocycles. The Morgan fingerprint density at radius 1 is 1.03 bits per heavy atom. The van der Waals surface area contributed by atoms with Crippen molar-refractivity contribution in [1.82, 2.24) is 14.3 Å². The molecule has 0 bridgehead atoms. The van der Waals surface area contributed by atoms with Crippen LogP contribution < -0.4 is 9.80 Å². The molecular formula is C27H35N5OS. The van der Waals surface area contributed by atoms with E-state index in [1.165, 1.54) is 28.3 Å². The third-order valence-electron chi connectivity index (χ3n) is 6.20. The molecule has 4 rings (SSSR count). The number of anilines is 2. The first-order valence-corrected chi connectivity index (χ1v) is 13.0. The van der Waals surface area contributed by atoms with Gasteiger partial charge in [-0.15, -0.1) is 0 Å². The summed E-state index contributed by atoms with van der Waals surface area (Å²) in [5.74, 6) is 1.56. The minimum Gasteiger partial charge on any atom is -0.368 e. The van der Waals surface area contributed by atoms with Crippen LogP contribution in [0.4, 0.5) is 10.8 Å². The van der Waals surface area contributed by atoms with E-state index >= 15 is 0 Å². The number of carbonyl (C=O) groups is 1. The average Bonchev–Trinajstić information content (AvgIpc) is 3.31. The number of aryl methyl sites for hydroxylation is 1. The zero-order valence-corrected chi connectivity index (χ0v) is 21.3. The van der Waals surface area contributed by atoms with Crippen LogP contribution in [-0.4, -0.2) is 59.4 Å². The molecular weight excluding hydrogens is 442 g/mol. The van der Waals surface area contributed by atoms with Gasteiger partial charge in [-0.3, -0.25) is 4.79 Å². The number of aromatic nitrogens is 2. The van der Waals surface area contributed by atoms with Crippen LogP contribution in [0.1, 0.15) is 37.2 Å². The van der Waals surface area contributed by atoms with Gasteiger partial charge in [0.2, 0.25) is 11.0 Å². The molecule has 0 N–H and O–H groups in total.